The molecule has 84 valence electrons. The molecule has 0 saturated carbocycles. The summed E-state index contributed by atoms with van der Waals surface area (Å²) in [5, 5.41) is 0.548. The van der Waals surface area contributed by atoms with E-state index in [0.717, 1.165) is 0 Å². The monoisotopic (exact) mass is 247 g/mol. The molecule has 0 aliphatic carbocycles. The van der Waals surface area contributed by atoms with Crippen molar-refractivity contribution in [1.29, 1.82) is 0 Å². The average Bonchev–Trinajstić information content (AvgIpc) is 1.99. The second-order valence-electron chi connectivity index (χ2n) is 3.66. The van der Waals surface area contributed by atoms with Gasteiger partial charge in [0, 0.05) is 11.1 Å². The minimum Gasteiger partial charge on any atom is -0.212 e. The lowest BCUT2D eigenvalue weighted by atomic mass is 10.2. The molecule has 0 saturated heterocycles. The van der Waals surface area contributed by atoms with Gasteiger partial charge >= 0.3 is 0 Å². The molecule has 0 aliphatic rings. The highest BCUT2D eigenvalue weighted by atomic mass is 35.5. The van der Waals surface area contributed by atoms with Gasteiger partial charge in [0.1, 0.15) is 0 Å². The Morgan fingerprint density at radius 1 is 1.40 bits per heavy atom. The summed E-state index contributed by atoms with van der Waals surface area (Å²) in [6.07, 6.45) is 0. The summed E-state index contributed by atoms with van der Waals surface area (Å²) in [5.41, 5.74) is 0.690. The van der Waals surface area contributed by atoms with E-state index in [0.29, 0.717) is 10.6 Å². The predicted octanol–water partition coefficient (Wildman–Crippen LogP) is 2.17. The zero-order valence-electron chi connectivity index (χ0n) is 8.70. The number of nitrogens with one attached hydrogen (secondary N) is 1. The van der Waals surface area contributed by atoms with Crippen LogP contribution in [0.3, 0.4) is 0 Å². The Balaban J connectivity index is 2.78. The molecule has 1 aromatic rings. The Bertz CT molecular complexity index is 429. The summed E-state index contributed by atoms with van der Waals surface area (Å²) in [7, 11) is -3.26. The third-order valence-corrected chi connectivity index (χ3v) is 3.44. The summed E-state index contributed by atoms with van der Waals surface area (Å²) in [4.78, 5) is 0. The van der Waals surface area contributed by atoms with Crippen LogP contribution < -0.4 is 4.72 Å². The summed E-state index contributed by atoms with van der Waals surface area (Å²) >= 11 is 5.76. The lowest BCUT2D eigenvalue weighted by molar-refractivity contribution is 0.569. The molecule has 0 atom stereocenters. The lowest BCUT2D eigenvalue weighted by Crippen LogP contribution is -2.31. The smallest absolute Gasteiger partial charge is 0.212 e. The second-order valence-corrected chi connectivity index (χ2v) is 5.85. The number of hydrogen-bond acceptors (Lipinski definition) is 2. The van der Waals surface area contributed by atoms with Crippen molar-refractivity contribution in [3.8, 4) is 0 Å². The second kappa shape index (κ2) is 4.96. The van der Waals surface area contributed by atoms with Gasteiger partial charge in [0.15, 0.2) is 0 Å². The fraction of sp³-hybridized carbons (Fsp3) is 0.400. The minimum atomic E-state index is -3.26. The van der Waals surface area contributed by atoms with E-state index in [1.807, 2.05) is 0 Å². The van der Waals surface area contributed by atoms with Crippen LogP contribution in [0.2, 0.25) is 5.02 Å². The number of halogens is 1. The van der Waals surface area contributed by atoms with Crippen molar-refractivity contribution in [2.75, 3.05) is 0 Å². The summed E-state index contributed by atoms with van der Waals surface area (Å²) in [5.74, 6) is -0.0360. The van der Waals surface area contributed by atoms with E-state index in [4.69, 9.17) is 11.6 Å². The largest absolute Gasteiger partial charge is 0.216 e. The number of rotatable bonds is 4. The maximum Gasteiger partial charge on any atom is 0.216 e. The van der Waals surface area contributed by atoms with Gasteiger partial charge in [0.05, 0.1) is 5.75 Å². The highest BCUT2D eigenvalue weighted by molar-refractivity contribution is 7.88. The SMILES string of the molecule is CC(C)NS(=O)(=O)Cc1cccc(Cl)c1. The van der Waals surface area contributed by atoms with Crippen molar-refractivity contribution in [3.05, 3.63) is 34.9 Å². The Morgan fingerprint density at radius 3 is 2.60 bits per heavy atom. The van der Waals surface area contributed by atoms with Crippen LogP contribution in [0.15, 0.2) is 24.3 Å². The molecule has 0 aliphatic heterocycles. The maximum absolute atomic E-state index is 11.6. The third kappa shape index (κ3) is 4.64. The molecule has 0 heterocycles. The van der Waals surface area contributed by atoms with Crippen LogP contribution in [0.25, 0.3) is 0 Å². The van der Waals surface area contributed by atoms with Gasteiger partial charge < -0.3 is 0 Å². The Kier molecular flexibility index (Phi) is 4.13. The summed E-state index contributed by atoms with van der Waals surface area (Å²) in [6.45, 7) is 3.57. The van der Waals surface area contributed by atoms with Gasteiger partial charge in [-0.1, -0.05) is 23.7 Å². The fourth-order valence-corrected chi connectivity index (χ4v) is 2.88. The molecule has 15 heavy (non-hydrogen) atoms. The quantitative estimate of drug-likeness (QED) is 0.887. The summed E-state index contributed by atoms with van der Waals surface area (Å²) in [6, 6.07) is 6.76. The molecule has 0 unspecified atom stereocenters. The van der Waals surface area contributed by atoms with E-state index in [1.54, 1.807) is 38.1 Å². The molecule has 3 nitrogen and oxygen atoms in total. The third-order valence-electron chi connectivity index (χ3n) is 1.66. The number of benzene rings is 1. The first-order chi connectivity index (χ1) is 6.89. The normalized spacial score (nSPS) is 12.0. The first kappa shape index (κ1) is 12.5. The fourth-order valence-electron chi connectivity index (χ4n) is 1.25. The molecule has 0 radical (unpaired) electrons. The van der Waals surface area contributed by atoms with Gasteiger partial charge in [0.2, 0.25) is 10.0 Å². The van der Waals surface area contributed by atoms with Gasteiger partial charge in [-0.05, 0) is 31.5 Å². The zero-order chi connectivity index (χ0) is 11.5. The maximum atomic E-state index is 11.6. The Morgan fingerprint density at radius 2 is 2.07 bits per heavy atom. The predicted molar refractivity (Wildman–Crippen MR) is 62.3 cm³/mol. The first-order valence-corrected chi connectivity index (χ1v) is 6.66. The first-order valence-electron chi connectivity index (χ1n) is 4.63. The standard InChI is InChI=1S/C10H14ClNO2S/c1-8(2)12-15(13,14)7-9-4-3-5-10(11)6-9/h3-6,8,12H,7H2,1-2H3. The number of hydrogen-bond donors (Lipinski definition) is 1. The van der Waals surface area contributed by atoms with Crippen LogP contribution in [0.1, 0.15) is 19.4 Å². The molecule has 1 rings (SSSR count). The molecule has 0 spiro atoms. The van der Waals surface area contributed by atoms with E-state index in [2.05, 4.69) is 4.72 Å². The molecule has 0 amide bonds. The van der Waals surface area contributed by atoms with Gasteiger partial charge in [0.25, 0.3) is 0 Å². The van der Waals surface area contributed by atoms with Crippen molar-refractivity contribution >= 4 is 21.6 Å². The highest BCUT2D eigenvalue weighted by Gasteiger charge is 2.12. The molecular formula is C10H14ClNO2S. The molecule has 5 heteroatoms. The topological polar surface area (TPSA) is 46.2 Å². The molecule has 0 bridgehead atoms. The molecule has 0 fully saturated rings. The number of sulfonamides is 1. The van der Waals surface area contributed by atoms with Crippen molar-refractivity contribution in [1.82, 2.24) is 4.72 Å². The average molecular weight is 248 g/mol. The van der Waals surface area contributed by atoms with Crippen LogP contribution in [0, 0.1) is 0 Å². The van der Waals surface area contributed by atoms with Gasteiger partial charge in [-0.25, -0.2) is 13.1 Å². The lowest BCUT2D eigenvalue weighted by Gasteiger charge is -2.09. The van der Waals surface area contributed by atoms with E-state index < -0.39 is 10.0 Å². The Labute approximate surface area is 95.5 Å². The van der Waals surface area contributed by atoms with Crippen LogP contribution >= 0.6 is 11.6 Å². The van der Waals surface area contributed by atoms with Crippen molar-refractivity contribution in [3.63, 3.8) is 0 Å². The van der Waals surface area contributed by atoms with Gasteiger partial charge in [-0.15, -0.1) is 0 Å². The molecular weight excluding hydrogens is 234 g/mol. The van der Waals surface area contributed by atoms with Gasteiger partial charge in [-0.2, -0.15) is 0 Å². The van der Waals surface area contributed by atoms with Crippen LogP contribution in [-0.4, -0.2) is 14.5 Å². The van der Waals surface area contributed by atoms with E-state index in [-0.39, 0.29) is 11.8 Å². The molecule has 0 aromatic heterocycles. The van der Waals surface area contributed by atoms with Crippen LogP contribution in [-0.2, 0) is 15.8 Å². The van der Waals surface area contributed by atoms with Crippen LogP contribution in [0.4, 0.5) is 0 Å². The minimum absolute atomic E-state index is 0.0360. The molecule has 1 aromatic carbocycles. The van der Waals surface area contributed by atoms with Crippen molar-refractivity contribution < 1.29 is 8.42 Å². The van der Waals surface area contributed by atoms with Crippen molar-refractivity contribution in [2.24, 2.45) is 0 Å². The van der Waals surface area contributed by atoms with E-state index in [1.165, 1.54) is 0 Å². The van der Waals surface area contributed by atoms with Crippen molar-refractivity contribution in [2.45, 2.75) is 25.6 Å². The van der Waals surface area contributed by atoms with E-state index in [9.17, 15) is 8.42 Å². The van der Waals surface area contributed by atoms with Gasteiger partial charge in [-0.3, -0.25) is 0 Å². The van der Waals surface area contributed by atoms with Crippen LogP contribution in [0.5, 0.6) is 0 Å². The zero-order valence-corrected chi connectivity index (χ0v) is 10.3. The highest BCUT2D eigenvalue weighted by Crippen LogP contribution is 2.12. The van der Waals surface area contributed by atoms with E-state index >= 15 is 0 Å². The summed E-state index contributed by atoms with van der Waals surface area (Å²) < 4.78 is 25.7. The molecule has 1 N–H and O–H groups in total. The Hall–Kier alpha value is -0.580.